The Kier molecular flexibility index (Phi) is 3.94. The highest BCUT2D eigenvalue weighted by Crippen LogP contribution is 2.19. The van der Waals surface area contributed by atoms with Gasteiger partial charge in [0.25, 0.3) is 6.02 Å². The van der Waals surface area contributed by atoms with Gasteiger partial charge < -0.3 is 19.6 Å². The number of nitrogens with zero attached hydrogens (tertiary/aromatic N) is 4. The third-order valence-electron chi connectivity index (χ3n) is 3.65. The lowest BCUT2D eigenvalue weighted by molar-refractivity contribution is 0.351. The van der Waals surface area contributed by atoms with E-state index in [0.29, 0.717) is 18.6 Å². The van der Waals surface area contributed by atoms with E-state index in [0.717, 1.165) is 38.2 Å². The maximum absolute atomic E-state index is 9.35. The van der Waals surface area contributed by atoms with Crippen LogP contribution in [-0.4, -0.2) is 60.2 Å². The summed E-state index contributed by atoms with van der Waals surface area (Å²) in [6.45, 7) is 3.46. The molecule has 0 atom stereocenters. The van der Waals surface area contributed by atoms with Gasteiger partial charge in [0.1, 0.15) is 12.4 Å². The third-order valence-corrected chi connectivity index (χ3v) is 3.65. The van der Waals surface area contributed by atoms with Crippen LogP contribution in [0.15, 0.2) is 34.3 Å². The zero-order chi connectivity index (χ0) is 14.7. The third kappa shape index (κ3) is 3.26. The summed E-state index contributed by atoms with van der Waals surface area (Å²) in [5, 5.41) is 9.35. The van der Waals surface area contributed by atoms with Crippen molar-refractivity contribution < 1.29 is 9.84 Å². The molecular weight excluding hydrogens is 268 g/mol. The standard InChI is InChI=1S/C15H20N4O2/c1-18-10-11-21-15(18)17-14(19-8-2-3-9-19)16-12-4-6-13(20)7-5-12/h4-7,20H,2-3,8-11H2,1H3. The number of aliphatic imine (C=N–C) groups is 2. The number of likely N-dealkylation sites (N-methyl/N-ethyl adjacent to an activating group) is 1. The zero-order valence-corrected chi connectivity index (χ0v) is 12.2. The first-order chi connectivity index (χ1) is 10.2. The largest absolute Gasteiger partial charge is 0.508 e. The van der Waals surface area contributed by atoms with Crippen LogP contribution in [0, 0.1) is 0 Å². The van der Waals surface area contributed by atoms with E-state index >= 15 is 0 Å². The molecule has 0 radical (unpaired) electrons. The molecule has 2 saturated heterocycles. The van der Waals surface area contributed by atoms with Gasteiger partial charge in [0.05, 0.1) is 12.2 Å². The van der Waals surface area contributed by atoms with Crippen molar-refractivity contribution in [1.29, 1.82) is 0 Å². The van der Waals surface area contributed by atoms with Gasteiger partial charge in [-0.15, -0.1) is 0 Å². The van der Waals surface area contributed by atoms with Crippen LogP contribution in [0.1, 0.15) is 12.8 Å². The maximum atomic E-state index is 9.35. The first kappa shape index (κ1) is 13.7. The molecule has 6 nitrogen and oxygen atoms in total. The molecule has 0 amide bonds. The van der Waals surface area contributed by atoms with E-state index in [9.17, 15) is 5.11 Å². The van der Waals surface area contributed by atoms with E-state index in [-0.39, 0.29) is 5.75 Å². The van der Waals surface area contributed by atoms with Crippen molar-refractivity contribution in [2.45, 2.75) is 12.8 Å². The normalized spacial score (nSPS) is 21.2. The van der Waals surface area contributed by atoms with Crippen molar-refractivity contribution in [1.82, 2.24) is 9.80 Å². The van der Waals surface area contributed by atoms with Gasteiger partial charge in [-0.2, -0.15) is 4.99 Å². The number of guanidine groups is 1. The Hall–Kier alpha value is -2.24. The zero-order valence-electron chi connectivity index (χ0n) is 12.2. The SMILES string of the molecule is CN1CCOC1=NC(=Nc1ccc(O)cc1)N1CCCC1. The number of hydrogen-bond donors (Lipinski definition) is 1. The molecule has 3 rings (SSSR count). The molecule has 0 unspecified atom stereocenters. The molecule has 0 bridgehead atoms. The van der Waals surface area contributed by atoms with Gasteiger partial charge in [-0.25, -0.2) is 4.99 Å². The van der Waals surface area contributed by atoms with Crippen LogP contribution >= 0.6 is 0 Å². The van der Waals surface area contributed by atoms with Gasteiger partial charge in [0.2, 0.25) is 5.96 Å². The topological polar surface area (TPSA) is 60.7 Å². The fraction of sp³-hybridized carbons (Fsp3) is 0.467. The van der Waals surface area contributed by atoms with Crippen LogP contribution in [0.4, 0.5) is 5.69 Å². The van der Waals surface area contributed by atoms with E-state index < -0.39 is 0 Å². The Balaban J connectivity index is 1.89. The highest BCUT2D eigenvalue weighted by Gasteiger charge is 2.21. The Labute approximate surface area is 124 Å². The lowest BCUT2D eigenvalue weighted by Gasteiger charge is -2.17. The van der Waals surface area contributed by atoms with Gasteiger partial charge in [-0.1, -0.05) is 0 Å². The molecule has 1 N–H and O–H groups in total. The van der Waals surface area contributed by atoms with Gasteiger partial charge in [0, 0.05) is 20.1 Å². The van der Waals surface area contributed by atoms with E-state index in [4.69, 9.17) is 4.74 Å². The van der Waals surface area contributed by atoms with Crippen molar-refractivity contribution in [3.8, 4) is 5.75 Å². The van der Waals surface area contributed by atoms with Crippen LogP contribution in [-0.2, 0) is 4.74 Å². The molecule has 6 heteroatoms. The van der Waals surface area contributed by atoms with E-state index in [1.54, 1.807) is 24.3 Å². The summed E-state index contributed by atoms with van der Waals surface area (Å²) in [6, 6.07) is 7.45. The number of phenols is 1. The summed E-state index contributed by atoms with van der Waals surface area (Å²) < 4.78 is 5.54. The number of amidine groups is 1. The Morgan fingerprint density at radius 1 is 1.14 bits per heavy atom. The van der Waals surface area contributed by atoms with E-state index in [1.807, 2.05) is 11.9 Å². The fourth-order valence-corrected chi connectivity index (χ4v) is 2.41. The van der Waals surface area contributed by atoms with Crippen molar-refractivity contribution in [2.24, 2.45) is 9.98 Å². The molecule has 1 aromatic rings. The van der Waals surface area contributed by atoms with Crippen LogP contribution in [0.2, 0.25) is 0 Å². The lowest BCUT2D eigenvalue weighted by atomic mass is 10.3. The number of rotatable bonds is 1. The van der Waals surface area contributed by atoms with Gasteiger partial charge in [-0.3, -0.25) is 0 Å². The minimum atomic E-state index is 0.238. The van der Waals surface area contributed by atoms with Crippen LogP contribution < -0.4 is 0 Å². The monoisotopic (exact) mass is 288 g/mol. The minimum Gasteiger partial charge on any atom is -0.508 e. The van der Waals surface area contributed by atoms with Crippen molar-refractivity contribution >= 4 is 17.7 Å². The summed E-state index contributed by atoms with van der Waals surface area (Å²) in [6.07, 6.45) is 2.33. The maximum Gasteiger partial charge on any atom is 0.295 e. The molecule has 2 aliphatic heterocycles. The lowest BCUT2D eigenvalue weighted by Crippen LogP contribution is -2.29. The van der Waals surface area contributed by atoms with Gasteiger partial charge >= 0.3 is 0 Å². The predicted molar refractivity (Wildman–Crippen MR) is 82.0 cm³/mol. The molecule has 2 aliphatic rings. The minimum absolute atomic E-state index is 0.238. The molecule has 112 valence electrons. The smallest absolute Gasteiger partial charge is 0.295 e. The Bertz CT molecular complexity index is 547. The molecule has 1 aromatic carbocycles. The first-order valence-corrected chi connectivity index (χ1v) is 7.28. The second-order valence-corrected chi connectivity index (χ2v) is 5.29. The number of hydrogen-bond acceptors (Lipinski definition) is 3. The summed E-state index contributed by atoms with van der Waals surface area (Å²) in [5.74, 6) is 0.920. The average Bonchev–Trinajstić information content (AvgIpc) is 3.13. The predicted octanol–water partition coefficient (Wildman–Crippen LogP) is 1.79. The van der Waals surface area contributed by atoms with Crippen LogP contribution in [0.3, 0.4) is 0 Å². The first-order valence-electron chi connectivity index (χ1n) is 7.28. The summed E-state index contributed by atoms with van der Waals surface area (Å²) in [4.78, 5) is 13.4. The molecule has 21 heavy (non-hydrogen) atoms. The van der Waals surface area contributed by atoms with E-state index in [2.05, 4.69) is 14.9 Å². The molecule has 2 fully saturated rings. The summed E-state index contributed by atoms with van der Waals surface area (Å²) in [7, 11) is 1.97. The van der Waals surface area contributed by atoms with Crippen molar-refractivity contribution in [3.05, 3.63) is 24.3 Å². The van der Waals surface area contributed by atoms with Crippen molar-refractivity contribution in [2.75, 3.05) is 33.3 Å². The number of aromatic hydroxyl groups is 1. The van der Waals surface area contributed by atoms with Gasteiger partial charge in [0.15, 0.2) is 0 Å². The Morgan fingerprint density at radius 3 is 2.48 bits per heavy atom. The average molecular weight is 288 g/mol. The summed E-state index contributed by atoms with van der Waals surface area (Å²) in [5.41, 5.74) is 0.778. The molecule has 0 saturated carbocycles. The van der Waals surface area contributed by atoms with Crippen LogP contribution in [0.25, 0.3) is 0 Å². The molecule has 0 spiro atoms. The van der Waals surface area contributed by atoms with Crippen molar-refractivity contribution in [3.63, 3.8) is 0 Å². The second kappa shape index (κ2) is 6.03. The number of ether oxygens (including phenoxy) is 1. The van der Waals surface area contributed by atoms with Gasteiger partial charge in [-0.05, 0) is 37.1 Å². The number of likely N-dealkylation sites (tertiary alicyclic amines) is 1. The molecule has 2 heterocycles. The second-order valence-electron chi connectivity index (χ2n) is 5.29. The molecular formula is C15H20N4O2. The molecule has 0 aliphatic carbocycles. The Morgan fingerprint density at radius 2 is 1.86 bits per heavy atom. The quantitative estimate of drug-likeness (QED) is 0.632. The highest BCUT2D eigenvalue weighted by atomic mass is 16.5. The fourth-order valence-electron chi connectivity index (χ4n) is 2.41. The number of benzene rings is 1. The van der Waals surface area contributed by atoms with Crippen LogP contribution in [0.5, 0.6) is 5.75 Å². The number of phenolic OH excluding ortho intramolecular Hbond substituents is 1. The molecule has 0 aromatic heterocycles. The summed E-state index contributed by atoms with van der Waals surface area (Å²) >= 11 is 0. The van der Waals surface area contributed by atoms with E-state index in [1.165, 1.54) is 0 Å². The highest BCUT2D eigenvalue weighted by molar-refractivity contribution is 5.94.